The highest BCUT2D eigenvalue weighted by Gasteiger charge is 2.55. The number of β-lactam (4-membered cyclic amide) rings is 1. The third-order valence-corrected chi connectivity index (χ3v) is 9.19. The monoisotopic (exact) mass is 554 g/mol. The first-order valence-electron chi connectivity index (χ1n) is 9.92. The third-order valence-electron chi connectivity index (χ3n) is 4.82. The van der Waals surface area contributed by atoms with Gasteiger partial charge in [0.1, 0.15) is 27.2 Å². The van der Waals surface area contributed by atoms with E-state index < -0.39 is 35.2 Å². The van der Waals surface area contributed by atoms with Gasteiger partial charge in [0.2, 0.25) is 6.04 Å². The van der Waals surface area contributed by atoms with E-state index in [1.807, 2.05) is 0 Å². The summed E-state index contributed by atoms with van der Waals surface area (Å²) in [6, 6.07) is -2.48. The maximum Gasteiger partial charge on any atom is 0.353 e. The molecule has 2 aromatic rings. The van der Waals surface area contributed by atoms with Gasteiger partial charge in [0.25, 0.3) is 11.8 Å². The van der Waals surface area contributed by atoms with Crippen molar-refractivity contribution >= 4 is 69.5 Å². The number of nitrogens with one attached hydrogen (secondary N) is 1. The zero-order chi connectivity index (χ0) is 25.1. The number of hydrogen-bond acceptors (Lipinski definition) is 14. The Balaban J connectivity index is 1.52. The van der Waals surface area contributed by atoms with E-state index in [2.05, 4.69) is 25.4 Å². The van der Waals surface area contributed by atoms with Crippen molar-refractivity contribution in [1.82, 2.24) is 25.2 Å². The lowest BCUT2D eigenvalue weighted by Crippen LogP contribution is -2.70. The highest BCUT2D eigenvalue weighted by atomic mass is 32.2. The van der Waals surface area contributed by atoms with E-state index in [9.17, 15) is 24.4 Å². The summed E-state index contributed by atoms with van der Waals surface area (Å²) in [5.74, 6) is -1.81. The van der Waals surface area contributed by atoms with Crippen molar-refractivity contribution < 1.29 is 19.5 Å². The predicted octanol–water partition coefficient (Wildman–Crippen LogP) is 0.862. The first kappa shape index (κ1) is 25.4. The molecule has 4 heterocycles. The van der Waals surface area contributed by atoms with E-state index in [1.54, 1.807) is 0 Å². The molecule has 2 aliphatic rings. The van der Waals surface area contributed by atoms with Crippen molar-refractivity contribution in [2.45, 2.75) is 27.5 Å². The Bertz CT molecular complexity index is 1210. The van der Waals surface area contributed by atoms with E-state index >= 15 is 0 Å². The van der Waals surface area contributed by atoms with Crippen molar-refractivity contribution in [2.75, 3.05) is 23.8 Å². The van der Waals surface area contributed by atoms with Gasteiger partial charge in [0.15, 0.2) is 5.13 Å². The molecule has 2 aromatic heterocycles. The lowest BCUT2D eigenvalue weighted by atomic mass is 10.0. The molecule has 0 aromatic carbocycles. The number of aromatic nitrogens is 3. The molecular weight excluding hydrogens is 537 g/mol. The second-order valence-corrected chi connectivity index (χ2v) is 11.2. The maximum atomic E-state index is 12.9. The van der Waals surface area contributed by atoms with Crippen LogP contribution in [0.5, 0.6) is 0 Å². The van der Waals surface area contributed by atoms with Gasteiger partial charge in [-0.05, 0) is 5.18 Å². The van der Waals surface area contributed by atoms with Crippen molar-refractivity contribution in [3.8, 4) is 0 Å². The normalized spacial score (nSPS) is 20.1. The van der Waals surface area contributed by atoms with Gasteiger partial charge in [0.05, 0.1) is 5.69 Å². The number of rotatable bonds is 10. The topological polar surface area (TPSA) is 207 Å². The average Bonchev–Trinajstić information content (AvgIpc) is 3.27. The summed E-state index contributed by atoms with van der Waals surface area (Å²) < 4.78 is 0. The number of thioether (sulfide) groups is 3. The first-order chi connectivity index (χ1) is 16.8. The quantitative estimate of drug-likeness (QED) is 0.183. The predicted molar refractivity (Wildman–Crippen MR) is 132 cm³/mol. The minimum absolute atomic E-state index is 0.0806. The van der Waals surface area contributed by atoms with Crippen LogP contribution in [0.3, 0.4) is 0 Å². The molecule has 0 aliphatic carbocycles. The maximum absolute atomic E-state index is 12.9. The molecule has 0 saturated carbocycles. The SMILES string of the molecule is NCCSc1nccnc1SC1=C(C(=O)O)N2C(=O)C(NC(=O)C(N=O)c3csc(N)n3)C2SC1. The second kappa shape index (κ2) is 10.9. The fourth-order valence-corrected chi connectivity index (χ4v) is 7.23. The summed E-state index contributed by atoms with van der Waals surface area (Å²) in [7, 11) is 0. The molecule has 6 N–H and O–H groups in total. The average molecular weight is 555 g/mol. The fraction of sp³-hybridized carbons (Fsp3) is 0.333. The zero-order valence-corrected chi connectivity index (χ0v) is 21.0. The van der Waals surface area contributed by atoms with Crippen LogP contribution < -0.4 is 16.8 Å². The minimum Gasteiger partial charge on any atom is -0.477 e. The molecule has 0 bridgehead atoms. The molecule has 17 heteroatoms. The molecule has 0 radical (unpaired) electrons. The van der Waals surface area contributed by atoms with Gasteiger partial charge in [-0.3, -0.25) is 14.5 Å². The Hall–Kier alpha value is -2.73. The first-order valence-corrected chi connectivity index (χ1v) is 13.6. The Kier molecular flexibility index (Phi) is 7.90. The number of anilines is 1. The van der Waals surface area contributed by atoms with Crippen molar-refractivity contribution in [3.63, 3.8) is 0 Å². The lowest BCUT2D eigenvalue weighted by Gasteiger charge is -2.49. The van der Waals surface area contributed by atoms with Gasteiger partial charge < -0.3 is 21.9 Å². The van der Waals surface area contributed by atoms with Crippen LogP contribution in [0.4, 0.5) is 5.13 Å². The van der Waals surface area contributed by atoms with E-state index in [4.69, 9.17) is 11.5 Å². The van der Waals surface area contributed by atoms with Crippen LogP contribution in [-0.4, -0.2) is 72.2 Å². The summed E-state index contributed by atoms with van der Waals surface area (Å²) >= 11 is 4.87. The van der Waals surface area contributed by atoms with Crippen LogP contribution in [0.15, 0.2) is 43.6 Å². The molecule has 13 nitrogen and oxygen atoms in total. The van der Waals surface area contributed by atoms with Crippen LogP contribution >= 0.6 is 46.6 Å². The van der Waals surface area contributed by atoms with Gasteiger partial charge in [0, 0.05) is 40.7 Å². The van der Waals surface area contributed by atoms with Crippen molar-refractivity contribution in [3.05, 3.63) is 39.0 Å². The van der Waals surface area contributed by atoms with Crippen LogP contribution in [0.1, 0.15) is 11.7 Å². The number of aliphatic carboxylic acids is 1. The second-order valence-electron chi connectivity index (χ2n) is 7.00. The number of carbonyl (C=O) groups is 3. The highest BCUT2D eigenvalue weighted by molar-refractivity contribution is 8.07. The number of carboxylic acids is 1. The molecule has 3 unspecified atom stereocenters. The molecule has 35 heavy (non-hydrogen) atoms. The number of hydrogen-bond donors (Lipinski definition) is 4. The number of amides is 2. The Morgan fingerprint density at radius 3 is 2.71 bits per heavy atom. The minimum atomic E-state index is -1.47. The van der Waals surface area contributed by atoms with Crippen LogP contribution in [0.25, 0.3) is 0 Å². The number of nitrogens with zero attached hydrogens (tertiary/aromatic N) is 5. The number of nitrogens with two attached hydrogens (primary N) is 2. The number of carboxylic acid groups (broad SMARTS) is 1. The summed E-state index contributed by atoms with van der Waals surface area (Å²) in [6.45, 7) is 0.442. The van der Waals surface area contributed by atoms with Gasteiger partial charge in [-0.1, -0.05) is 11.8 Å². The van der Waals surface area contributed by atoms with E-state index in [1.165, 1.54) is 41.3 Å². The summed E-state index contributed by atoms with van der Waals surface area (Å²) in [5, 5.41) is 17.3. The molecule has 1 saturated heterocycles. The van der Waals surface area contributed by atoms with Crippen LogP contribution in [-0.2, 0) is 14.4 Å². The van der Waals surface area contributed by atoms with E-state index in [0.717, 1.165) is 28.0 Å². The molecule has 3 atom stereocenters. The molecule has 2 aliphatic heterocycles. The lowest BCUT2D eigenvalue weighted by molar-refractivity contribution is -0.150. The molecule has 4 rings (SSSR count). The number of fused-ring (bicyclic) bond motifs is 1. The summed E-state index contributed by atoms with van der Waals surface area (Å²) in [5.41, 5.74) is 11.0. The summed E-state index contributed by atoms with van der Waals surface area (Å²) in [6.07, 6.45) is 3.04. The number of nitrogen functional groups attached to an aromatic ring is 1. The van der Waals surface area contributed by atoms with Crippen LogP contribution in [0.2, 0.25) is 0 Å². The molecular formula is C18H18N8O5S4. The van der Waals surface area contributed by atoms with Gasteiger partial charge in [-0.2, -0.15) is 0 Å². The molecule has 184 valence electrons. The fourth-order valence-electron chi connectivity index (χ4n) is 3.32. The molecule has 0 spiro atoms. The van der Waals surface area contributed by atoms with Crippen molar-refractivity contribution in [2.24, 2.45) is 10.9 Å². The van der Waals surface area contributed by atoms with Gasteiger partial charge in [-0.15, -0.1) is 39.8 Å². The van der Waals surface area contributed by atoms with Gasteiger partial charge >= 0.3 is 5.97 Å². The van der Waals surface area contributed by atoms with Crippen molar-refractivity contribution in [1.29, 1.82) is 0 Å². The highest BCUT2D eigenvalue weighted by Crippen LogP contribution is 2.46. The zero-order valence-electron chi connectivity index (χ0n) is 17.7. The molecule has 1 fully saturated rings. The number of carbonyl (C=O) groups excluding carboxylic acids is 2. The number of thiazole rings is 1. The number of nitroso groups, excluding NO2 is 1. The smallest absolute Gasteiger partial charge is 0.353 e. The largest absolute Gasteiger partial charge is 0.477 e. The van der Waals surface area contributed by atoms with Crippen LogP contribution in [0, 0.1) is 4.91 Å². The summed E-state index contributed by atoms with van der Waals surface area (Å²) in [4.78, 5) is 63.0. The Labute approximate surface area is 214 Å². The van der Waals surface area contributed by atoms with E-state index in [-0.39, 0.29) is 22.3 Å². The Morgan fingerprint density at radius 1 is 1.34 bits per heavy atom. The van der Waals surface area contributed by atoms with Gasteiger partial charge in [-0.25, -0.2) is 19.7 Å². The Morgan fingerprint density at radius 2 is 2.09 bits per heavy atom. The standard InChI is InChI=1S/C18H18N8O5S4/c19-1-4-32-13-14(22-3-2-21-13)35-8-6-33-16-10(15(28)26(16)11(8)17(29)30)24-12(27)9(25-31)7-5-34-18(20)23-7/h2-3,5,9-10,16H,1,4,6,19H2,(H2,20,23)(H,24,27)(H,29,30). The third kappa shape index (κ3) is 5.13. The van der Waals surface area contributed by atoms with E-state index in [0.29, 0.717) is 27.3 Å². The molecule has 2 amide bonds.